The number of hydrogen-bond acceptors (Lipinski definition) is 6. The van der Waals surface area contributed by atoms with Crippen molar-refractivity contribution in [1.82, 2.24) is 9.91 Å². The van der Waals surface area contributed by atoms with Crippen LogP contribution in [0, 0.1) is 0 Å². The molecule has 3 heterocycles. The highest BCUT2D eigenvalue weighted by Gasteiger charge is 2.34. The van der Waals surface area contributed by atoms with E-state index in [0.29, 0.717) is 13.0 Å². The Morgan fingerprint density at radius 3 is 2.74 bits per heavy atom. The van der Waals surface area contributed by atoms with Gasteiger partial charge in [-0.2, -0.15) is 13.9 Å². The number of carbonyl (C=O) groups excluding carboxylic acids is 1. The van der Waals surface area contributed by atoms with Gasteiger partial charge in [0.15, 0.2) is 0 Å². The van der Waals surface area contributed by atoms with Crippen LogP contribution in [0.2, 0.25) is 0 Å². The Labute approximate surface area is 187 Å². The molecule has 0 saturated carbocycles. The van der Waals surface area contributed by atoms with Crippen LogP contribution in [-0.2, 0) is 11.3 Å². The second kappa shape index (κ2) is 9.67. The van der Waals surface area contributed by atoms with Gasteiger partial charge in [-0.25, -0.2) is 5.01 Å². The molecule has 1 aliphatic rings. The summed E-state index contributed by atoms with van der Waals surface area (Å²) in [5.41, 5.74) is 1.70. The number of amides is 1. The number of nitrogens with zero attached hydrogens (tertiary/aromatic N) is 3. The van der Waals surface area contributed by atoms with E-state index < -0.39 is 6.61 Å². The monoisotopic (exact) mass is 461 g/mol. The van der Waals surface area contributed by atoms with Gasteiger partial charge >= 0.3 is 6.61 Å². The molecule has 1 unspecified atom stereocenters. The maximum absolute atomic E-state index is 13.1. The minimum Gasteiger partial charge on any atom is -0.435 e. The lowest BCUT2D eigenvalue weighted by Crippen LogP contribution is -2.36. The van der Waals surface area contributed by atoms with E-state index in [4.69, 9.17) is 0 Å². The number of hydrazone groups is 1. The molecule has 0 bridgehead atoms. The molecule has 31 heavy (non-hydrogen) atoms. The van der Waals surface area contributed by atoms with E-state index in [-0.39, 0.29) is 24.2 Å². The number of carbonyl (C=O) groups is 1. The zero-order valence-corrected chi connectivity index (χ0v) is 18.4. The maximum atomic E-state index is 13.1. The second-order valence-corrected chi connectivity index (χ2v) is 9.12. The van der Waals surface area contributed by atoms with Gasteiger partial charge in [-0.1, -0.05) is 24.3 Å². The van der Waals surface area contributed by atoms with Crippen LogP contribution >= 0.6 is 22.7 Å². The van der Waals surface area contributed by atoms with Crippen molar-refractivity contribution < 1.29 is 18.3 Å². The molecule has 0 aliphatic carbocycles. The van der Waals surface area contributed by atoms with Gasteiger partial charge in [-0.3, -0.25) is 9.69 Å². The van der Waals surface area contributed by atoms with Crippen molar-refractivity contribution in [2.75, 3.05) is 13.6 Å². The number of rotatable bonds is 8. The molecule has 1 amide bonds. The summed E-state index contributed by atoms with van der Waals surface area (Å²) in [5, 5.41) is 10.3. The number of alkyl halides is 2. The molecule has 0 saturated heterocycles. The highest BCUT2D eigenvalue weighted by atomic mass is 32.1. The van der Waals surface area contributed by atoms with Crippen LogP contribution in [-0.4, -0.2) is 41.7 Å². The molecule has 1 aliphatic heterocycles. The molecule has 5 nitrogen and oxygen atoms in total. The molecular formula is C22H21F2N3O2S2. The summed E-state index contributed by atoms with van der Waals surface area (Å²) in [6.07, 6.45) is 0.684. The van der Waals surface area contributed by atoms with Gasteiger partial charge in [0, 0.05) is 17.8 Å². The van der Waals surface area contributed by atoms with Gasteiger partial charge in [-0.05, 0) is 47.6 Å². The zero-order valence-electron chi connectivity index (χ0n) is 16.8. The van der Waals surface area contributed by atoms with Crippen molar-refractivity contribution in [3.8, 4) is 5.75 Å². The summed E-state index contributed by atoms with van der Waals surface area (Å²) in [4.78, 5) is 17.2. The van der Waals surface area contributed by atoms with E-state index in [0.717, 1.165) is 21.0 Å². The van der Waals surface area contributed by atoms with Crippen molar-refractivity contribution in [2.24, 2.45) is 5.10 Å². The Bertz CT molecular complexity index is 1040. The smallest absolute Gasteiger partial charge is 0.387 e. The fraction of sp³-hybridized carbons (Fsp3) is 0.273. The molecule has 3 aromatic rings. The van der Waals surface area contributed by atoms with Gasteiger partial charge in [0.1, 0.15) is 5.75 Å². The van der Waals surface area contributed by atoms with Crippen molar-refractivity contribution in [3.05, 3.63) is 74.6 Å². The first kappa shape index (κ1) is 21.6. The fourth-order valence-electron chi connectivity index (χ4n) is 3.53. The Kier molecular flexibility index (Phi) is 6.74. The predicted molar refractivity (Wildman–Crippen MR) is 119 cm³/mol. The Morgan fingerprint density at radius 1 is 1.23 bits per heavy atom. The van der Waals surface area contributed by atoms with Crippen LogP contribution in [0.1, 0.15) is 27.8 Å². The van der Waals surface area contributed by atoms with Crippen LogP contribution in [0.15, 0.2) is 64.4 Å². The standard InChI is InChI=1S/C22H21F2N3O2S2/c1-26(13-15-5-2-6-16(11-15)29-22(23)24)14-21(28)27-18(20-8-4-10-31-20)12-17(25-27)19-7-3-9-30-19/h2-11,18,22H,12-14H2,1H3. The third kappa shape index (κ3) is 5.36. The fourth-order valence-corrected chi connectivity index (χ4v) is 5.06. The van der Waals surface area contributed by atoms with Gasteiger partial charge < -0.3 is 4.74 Å². The third-order valence-electron chi connectivity index (χ3n) is 4.82. The highest BCUT2D eigenvalue weighted by molar-refractivity contribution is 7.12. The van der Waals surface area contributed by atoms with Crippen molar-refractivity contribution in [3.63, 3.8) is 0 Å². The van der Waals surface area contributed by atoms with E-state index >= 15 is 0 Å². The van der Waals surface area contributed by atoms with Crippen molar-refractivity contribution in [1.29, 1.82) is 0 Å². The summed E-state index contributed by atoms with van der Waals surface area (Å²) in [5.74, 6) is 0.00200. The molecule has 9 heteroatoms. The van der Waals surface area contributed by atoms with E-state index in [1.54, 1.807) is 39.8 Å². The third-order valence-corrected chi connectivity index (χ3v) is 6.72. The predicted octanol–water partition coefficient (Wildman–Crippen LogP) is 5.22. The lowest BCUT2D eigenvalue weighted by atomic mass is 10.1. The molecule has 1 aromatic carbocycles. The summed E-state index contributed by atoms with van der Waals surface area (Å²) in [6.45, 7) is -2.29. The number of ether oxygens (including phenoxy) is 1. The average Bonchev–Trinajstić information content (AvgIpc) is 3.47. The Balaban J connectivity index is 1.45. The first-order chi connectivity index (χ1) is 15.0. The molecule has 1 atom stereocenters. The zero-order chi connectivity index (χ0) is 21.8. The van der Waals surface area contributed by atoms with Crippen LogP contribution in [0.5, 0.6) is 5.75 Å². The van der Waals surface area contributed by atoms with Gasteiger partial charge in [0.25, 0.3) is 5.91 Å². The summed E-state index contributed by atoms with van der Waals surface area (Å²) < 4.78 is 29.4. The van der Waals surface area contributed by atoms with Crippen LogP contribution < -0.4 is 4.74 Å². The lowest BCUT2D eigenvalue weighted by molar-refractivity contribution is -0.134. The van der Waals surface area contributed by atoms with Crippen LogP contribution in [0.4, 0.5) is 8.78 Å². The molecule has 0 fully saturated rings. The van der Waals surface area contributed by atoms with Crippen LogP contribution in [0.25, 0.3) is 0 Å². The summed E-state index contributed by atoms with van der Waals surface area (Å²) >= 11 is 3.23. The SMILES string of the molecule is CN(CC(=O)N1N=C(c2cccs2)CC1c1cccs1)Cc1cccc(OC(F)F)c1. The number of thiophene rings is 2. The molecule has 162 valence electrons. The van der Waals surface area contributed by atoms with Crippen LogP contribution in [0.3, 0.4) is 0 Å². The molecule has 0 radical (unpaired) electrons. The van der Waals surface area contributed by atoms with Gasteiger partial charge in [0.2, 0.25) is 0 Å². The highest BCUT2D eigenvalue weighted by Crippen LogP contribution is 2.36. The summed E-state index contributed by atoms with van der Waals surface area (Å²) in [7, 11) is 1.82. The van der Waals surface area contributed by atoms with E-state index in [1.807, 2.05) is 53.0 Å². The first-order valence-corrected chi connectivity index (χ1v) is 11.4. The first-order valence-electron chi connectivity index (χ1n) is 9.68. The van der Waals surface area contributed by atoms with Crippen molar-refractivity contribution >= 4 is 34.3 Å². The number of hydrogen-bond donors (Lipinski definition) is 0. The van der Waals surface area contributed by atoms with E-state index in [2.05, 4.69) is 9.84 Å². The normalized spacial score (nSPS) is 16.2. The Hall–Kier alpha value is -2.62. The molecule has 4 rings (SSSR count). The summed E-state index contributed by atoms with van der Waals surface area (Å²) in [6, 6.07) is 14.4. The second-order valence-electron chi connectivity index (χ2n) is 7.20. The minimum absolute atomic E-state index is 0.104. The van der Waals surface area contributed by atoms with E-state index in [9.17, 15) is 13.6 Å². The van der Waals surface area contributed by atoms with Gasteiger partial charge in [-0.15, -0.1) is 22.7 Å². The quantitative estimate of drug-likeness (QED) is 0.462. The van der Waals surface area contributed by atoms with E-state index in [1.165, 1.54) is 6.07 Å². The minimum atomic E-state index is -2.87. The number of benzene rings is 1. The number of likely N-dealkylation sites (N-methyl/N-ethyl adjacent to an activating group) is 1. The number of halogens is 2. The topological polar surface area (TPSA) is 45.1 Å². The molecule has 0 N–H and O–H groups in total. The molecular weight excluding hydrogens is 440 g/mol. The lowest BCUT2D eigenvalue weighted by Gasteiger charge is -2.24. The average molecular weight is 462 g/mol. The molecule has 2 aromatic heterocycles. The van der Waals surface area contributed by atoms with Crippen molar-refractivity contribution in [2.45, 2.75) is 25.6 Å². The maximum Gasteiger partial charge on any atom is 0.387 e. The molecule has 0 spiro atoms. The Morgan fingerprint density at radius 2 is 2.03 bits per heavy atom. The largest absolute Gasteiger partial charge is 0.435 e. The van der Waals surface area contributed by atoms with Gasteiger partial charge in [0.05, 0.1) is 23.2 Å².